The van der Waals surface area contributed by atoms with Crippen molar-refractivity contribution in [3.05, 3.63) is 36.9 Å². The van der Waals surface area contributed by atoms with Crippen LogP contribution in [0.15, 0.2) is 20.0 Å². The van der Waals surface area contributed by atoms with Crippen molar-refractivity contribution in [1.29, 1.82) is 0 Å². The molecule has 0 saturated heterocycles. The number of carboxylic acids is 1. The van der Waals surface area contributed by atoms with Crippen molar-refractivity contribution in [3.8, 4) is 0 Å². The molecule has 10 heteroatoms. The summed E-state index contributed by atoms with van der Waals surface area (Å²) >= 11 is 5.49. The summed E-state index contributed by atoms with van der Waals surface area (Å²) in [5, 5.41) is 20.3. The van der Waals surface area contributed by atoms with Crippen LogP contribution in [-0.4, -0.2) is 26.0 Å². The maximum Gasteiger partial charge on any atom is 0.347 e. The van der Waals surface area contributed by atoms with E-state index >= 15 is 0 Å². The summed E-state index contributed by atoms with van der Waals surface area (Å²) in [6.45, 7) is 3.23. The molecule has 2 aromatic heterocycles. The van der Waals surface area contributed by atoms with Crippen LogP contribution in [0, 0.1) is 24.0 Å². The molecular weight excluding hydrogens is 382 g/mol. The quantitative estimate of drug-likeness (QED) is 0.627. The van der Waals surface area contributed by atoms with E-state index in [1.54, 1.807) is 13.8 Å². The Labute approximate surface area is 135 Å². The average Bonchev–Trinajstić information content (AvgIpc) is 2.76. The first-order valence-corrected chi connectivity index (χ1v) is 7.92. The third kappa shape index (κ3) is 3.22. The Morgan fingerprint density at radius 2 is 2.19 bits per heavy atom. The number of nitro groups is 1. The molecule has 21 heavy (non-hydrogen) atoms. The summed E-state index contributed by atoms with van der Waals surface area (Å²) in [7, 11) is 0. The summed E-state index contributed by atoms with van der Waals surface area (Å²) in [6, 6.07) is 0. The van der Waals surface area contributed by atoms with Gasteiger partial charge in [-0.1, -0.05) is 11.3 Å². The van der Waals surface area contributed by atoms with Gasteiger partial charge < -0.3 is 5.11 Å². The first kappa shape index (κ1) is 15.9. The second-order valence-electron chi connectivity index (χ2n) is 3.95. The van der Waals surface area contributed by atoms with Gasteiger partial charge in [-0.25, -0.2) is 14.8 Å². The standard InChI is InChI=1S/C11H8BrN3O4S2/c1-4-6(15(18)19)3-13-9(7(4)12)21-11-14-5(2)8(20-11)10(16)17/h3H,1-2H3,(H,16,17). The molecule has 0 aliphatic rings. The van der Waals surface area contributed by atoms with Crippen LogP contribution in [0.3, 0.4) is 0 Å². The molecule has 0 aliphatic carbocycles. The van der Waals surface area contributed by atoms with Gasteiger partial charge in [0.15, 0.2) is 4.34 Å². The molecule has 0 amide bonds. The first-order valence-electron chi connectivity index (χ1n) is 5.49. The molecular formula is C11H8BrN3O4S2. The van der Waals surface area contributed by atoms with Crippen molar-refractivity contribution >= 4 is 50.7 Å². The molecule has 7 nitrogen and oxygen atoms in total. The highest BCUT2D eigenvalue weighted by Crippen LogP contribution is 2.38. The lowest BCUT2D eigenvalue weighted by Crippen LogP contribution is -1.95. The smallest absolute Gasteiger partial charge is 0.347 e. The number of nitrogens with zero attached hydrogens (tertiary/aromatic N) is 3. The van der Waals surface area contributed by atoms with Gasteiger partial charge in [0.2, 0.25) is 0 Å². The molecule has 0 atom stereocenters. The lowest BCUT2D eigenvalue weighted by molar-refractivity contribution is -0.385. The van der Waals surface area contributed by atoms with Crippen molar-refractivity contribution in [2.24, 2.45) is 0 Å². The van der Waals surface area contributed by atoms with E-state index in [4.69, 9.17) is 5.11 Å². The summed E-state index contributed by atoms with van der Waals surface area (Å²) in [5.41, 5.74) is 0.821. The van der Waals surface area contributed by atoms with Crippen molar-refractivity contribution in [3.63, 3.8) is 0 Å². The number of hydrogen-bond donors (Lipinski definition) is 1. The fraction of sp³-hybridized carbons (Fsp3) is 0.182. The SMILES string of the molecule is Cc1nc(Sc2ncc([N+](=O)[O-])c(C)c2Br)sc1C(=O)O. The summed E-state index contributed by atoms with van der Waals surface area (Å²) in [6.07, 6.45) is 1.18. The number of hydrogen-bond acceptors (Lipinski definition) is 7. The molecule has 0 bridgehead atoms. The molecule has 1 N–H and O–H groups in total. The lowest BCUT2D eigenvalue weighted by Gasteiger charge is -2.04. The average molecular weight is 390 g/mol. The number of carbonyl (C=O) groups is 1. The fourth-order valence-corrected chi connectivity index (χ4v) is 4.03. The monoisotopic (exact) mass is 389 g/mol. The summed E-state index contributed by atoms with van der Waals surface area (Å²) in [5.74, 6) is -1.02. The Bertz CT molecular complexity index is 747. The maximum absolute atomic E-state index is 11.0. The highest BCUT2D eigenvalue weighted by molar-refractivity contribution is 9.10. The largest absolute Gasteiger partial charge is 0.477 e. The molecule has 0 radical (unpaired) electrons. The minimum absolute atomic E-state index is 0.0761. The van der Waals surface area contributed by atoms with Gasteiger partial charge in [0, 0.05) is 5.56 Å². The number of halogens is 1. The second kappa shape index (κ2) is 6.08. The van der Waals surface area contributed by atoms with E-state index in [2.05, 4.69) is 25.9 Å². The molecule has 2 aromatic rings. The number of carboxylic acid groups (broad SMARTS) is 1. The highest BCUT2D eigenvalue weighted by Gasteiger charge is 2.20. The van der Waals surface area contributed by atoms with Crippen LogP contribution >= 0.6 is 39.0 Å². The number of thiazole rings is 1. The minimum atomic E-state index is -1.02. The number of aromatic nitrogens is 2. The molecule has 0 spiro atoms. The number of aryl methyl sites for hydroxylation is 1. The van der Waals surface area contributed by atoms with E-state index < -0.39 is 10.9 Å². The van der Waals surface area contributed by atoms with E-state index in [-0.39, 0.29) is 10.6 Å². The van der Waals surface area contributed by atoms with Crippen LogP contribution in [0.1, 0.15) is 20.9 Å². The van der Waals surface area contributed by atoms with Crippen LogP contribution in [0.4, 0.5) is 5.69 Å². The van der Waals surface area contributed by atoms with Gasteiger partial charge in [-0.15, -0.1) is 0 Å². The molecule has 0 unspecified atom stereocenters. The molecule has 0 saturated carbocycles. The van der Waals surface area contributed by atoms with Crippen molar-refractivity contribution in [2.45, 2.75) is 23.2 Å². The van der Waals surface area contributed by atoms with E-state index in [0.29, 0.717) is 25.1 Å². The fourth-order valence-electron chi connectivity index (χ4n) is 1.50. The summed E-state index contributed by atoms with van der Waals surface area (Å²) in [4.78, 5) is 29.7. The molecule has 0 aliphatic heterocycles. The van der Waals surface area contributed by atoms with Gasteiger partial charge in [0.05, 0.1) is 15.1 Å². The zero-order valence-electron chi connectivity index (χ0n) is 10.8. The van der Waals surface area contributed by atoms with Crippen LogP contribution in [-0.2, 0) is 0 Å². The van der Waals surface area contributed by atoms with E-state index in [9.17, 15) is 14.9 Å². The first-order chi connectivity index (χ1) is 9.81. The molecule has 2 heterocycles. The van der Waals surface area contributed by atoms with Crippen LogP contribution in [0.2, 0.25) is 0 Å². The Hall–Kier alpha value is -1.52. The predicted octanol–water partition coefficient (Wildman–Crippen LogP) is 3.68. The van der Waals surface area contributed by atoms with E-state index in [1.807, 2.05) is 0 Å². The van der Waals surface area contributed by atoms with Gasteiger partial charge in [0.1, 0.15) is 16.1 Å². The van der Waals surface area contributed by atoms with Crippen molar-refractivity contribution in [1.82, 2.24) is 9.97 Å². The maximum atomic E-state index is 11.0. The van der Waals surface area contributed by atoms with Crippen LogP contribution in [0.25, 0.3) is 0 Å². The van der Waals surface area contributed by atoms with E-state index in [0.717, 1.165) is 23.1 Å². The molecule has 0 fully saturated rings. The zero-order valence-corrected chi connectivity index (χ0v) is 14.0. The summed E-state index contributed by atoms with van der Waals surface area (Å²) < 4.78 is 1.03. The van der Waals surface area contributed by atoms with Crippen LogP contribution < -0.4 is 0 Å². The van der Waals surface area contributed by atoms with Gasteiger partial charge in [-0.3, -0.25) is 10.1 Å². The Morgan fingerprint density at radius 3 is 2.71 bits per heavy atom. The van der Waals surface area contributed by atoms with Gasteiger partial charge in [-0.05, 0) is 41.5 Å². The molecule has 2 rings (SSSR count). The topological polar surface area (TPSA) is 106 Å². The molecule has 110 valence electrons. The van der Waals surface area contributed by atoms with Gasteiger partial charge >= 0.3 is 5.97 Å². The van der Waals surface area contributed by atoms with Crippen molar-refractivity contribution in [2.75, 3.05) is 0 Å². The third-order valence-corrected chi connectivity index (χ3v) is 6.00. The normalized spacial score (nSPS) is 10.6. The molecule has 0 aromatic carbocycles. The predicted molar refractivity (Wildman–Crippen MR) is 81.3 cm³/mol. The number of rotatable bonds is 4. The van der Waals surface area contributed by atoms with Gasteiger partial charge in [-0.2, -0.15) is 0 Å². The second-order valence-corrected chi connectivity index (χ2v) is 6.97. The third-order valence-electron chi connectivity index (χ3n) is 2.56. The zero-order chi connectivity index (χ0) is 15.7. The van der Waals surface area contributed by atoms with E-state index in [1.165, 1.54) is 6.20 Å². The Morgan fingerprint density at radius 1 is 1.52 bits per heavy atom. The lowest BCUT2D eigenvalue weighted by atomic mass is 10.3. The Kier molecular flexibility index (Phi) is 4.59. The Balaban J connectivity index is 2.36. The van der Waals surface area contributed by atoms with Crippen LogP contribution in [0.5, 0.6) is 0 Å². The number of pyridine rings is 1. The highest BCUT2D eigenvalue weighted by atomic mass is 79.9. The van der Waals surface area contributed by atoms with Gasteiger partial charge in [0.25, 0.3) is 5.69 Å². The van der Waals surface area contributed by atoms with Crippen molar-refractivity contribution < 1.29 is 14.8 Å². The number of aromatic carboxylic acids is 1. The minimum Gasteiger partial charge on any atom is -0.477 e.